The number of hydrogen-bond donors (Lipinski definition) is 1. The van der Waals surface area contributed by atoms with Gasteiger partial charge in [-0.1, -0.05) is 0 Å². The molecule has 0 unspecified atom stereocenters. The van der Waals surface area contributed by atoms with Crippen molar-refractivity contribution >= 4 is 5.97 Å². The van der Waals surface area contributed by atoms with Gasteiger partial charge in [-0.05, 0) is 0 Å². The van der Waals surface area contributed by atoms with E-state index in [0.717, 1.165) is 13.1 Å². The molecule has 1 rings (SSSR count). The molecule has 1 fully saturated rings. The van der Waals surface area contributed by atoms with Gasteiger partial charge in [0, 0.05) is 19.6 Å². The van der Waals surface area contributed by atoms with Crippen LogP contribution in [0.5, 0.6) is 0 Å². The van der Waals surface area contributed by atoms with Crippen molar-refractivity contribution in [2.24, 2.45) is 5.92 Å². The zero-order valence-electron chi connectivity index (χ0n) is 6.62. The number of methoxy groups -OCH3 is 1. The van der Waals surface area contributed by atoms with Crippen LogP contribution >= 0.6 is 0 Å². The number of esters is 1. The maximum atomic E-state index is 10.8. The van der Waals surface area contributed by atoms with Crippen molar-refractivity contribution in [1.82, 2.24) is 4.90 Å². The Labute approximate surface area is 65.8 Å². The van der Waals surface area contributed by atoms with Gasteiger partial charge < -0.3 is 9.84 Å². The number of nitrogens with zero attached hydrogens (tertiary/aromatic N) is 1. The highest BCUT2D eigenvalue weighted by Gasteiger charge is 2.32. The third-order valence-electron chi connectivity index (χ3n) is 1.91. The average Bonchev–Trinajstić information content (AvgIpc) is 1.94. The Bertz CT molecular complexity index is 143. The fraction of sp³-hybridized carbons (Fsp3) is 0.857. The smallest absolute Gasteiger partial charge is 0.311 e. The van der Waals surface area contributed by atoms with Crippen LogP contribution in [0.2, 0.25) is 0 Å². The molecule has 1 aliphatic heterocycles. The molecule has 11 heavy (non-hydrogen) atoms. The Morgan fingerprint density at radius 2 is 2.36 bits per heavy atom. The topological polar surface area (TPSA) is 49.8 Å². The third kappa shape index (κ3) is 1.91. The van der Waals surface area contributed by atoms with Gasteiger partial charge in [0.05, 0.1) is 19.6 Å². The summed E-state index contributed by atoms with van der Waals surface area (Å²) in [6.45, 7) is 2.28. The highest BCUT2D eigenvalue weighted by Crippen LogP contribution is 2.15. The van der Waals surface area contributed by atoms with Crippen LogP contribution in [0.4, 0.5) is 0 Å². The predicted octanol–water partition coefficient (Wildman–Crippen LogP) is -0.917. The molecule has 0 atom stereocenters. The summed E-state index contributed by atoms with van der Waals surface area (Å²) < 4.78 is 4.55. The van der Waals surface area contributed by atoms with Gasteiger partial charge in [0.15, 0.2) is 0 Å². The lowest BCUT2D eigenvalue weighted by atomic mass is 10.0. The summed E-state index contributed by atoms with van der Waals surface area (Å²) in [7, 11) is 1.40. The maximum Gasteiger partial charge on any atom is 0.311 e. The van der Waals surface area contributed by atoms with Gasteiger partial charge in [-0.25, -0.2) is 0 Å². The van der Waals surface area contributed by atoms with Gasteiger partial charge in [0.25, 0.3) is 0 Å². The molecule has 0 aliphatic carbocycles. The van der Waals surface area contributed by atoms with E-state index in [1.807, 2.05) is 4.90 Å². The van der Waals surface area contributed by atoms with Crippen molar-refractivity contribution in [2.45, 2.75) is 0 Å². The van der Waals surface area contributed by atoms with Gasteiger partial charge in [-0.3, -0.25) is 9.69 Å². The molecular formula is C7H13NO3. The molecule has 4 nitrogen and oxygen atoms in total. The molecule has 0 aromatic heterocycles. The second-order valence-electron chi connectivity index (χ2n) is 2.70. The Balaban J connectivity index is 2.13. The fourth-order valence-corrected chi connectivity index (χ4v) is 1.21. The molecule has 1 N–H and O–H groups in total. The lowest BCUT2D eigenvalue weighted by Gasteiger charge is -2.36. The van der Waals surface area contributed by atoms with Crippen molar-refractivity contribution < 1.29 is 14.6 Å². The van der Waals surface area contributed by atoms with E-state index in [4.69, 9.17) is 5.11 Å². The first-order valence-electron chi connectivity index (χ1n) is 3.69. The predicted molar refractivity (Wildman–Crippen MR) is 39.0 cm³/mol. The Morgan fingerprint density at radius 1 is 1.73 bits per heavy atom. The first-order valence-corrected chi connectivity index (χ1v) is 3.69. The number of hydrogen-bond acceptors (Lipinski definition) is 4. The molecule has 1 aliphatic rings. The largest absolute Gasteiger partial charge is 0.469 e. The number of aliphatic hydroxyl groups is 1. The number of rotatable bonds is 3. The number of likely N-dealkylation sites (tertiary alicyclic amines) is 1. The molecule has 0 saturated carbocycles. The first-order chi connectivity index (χ1) is 5.27. The molecular weight excluding hydrogens is 146 g/mol. The van der Waals surface area contributed by atoms with Crippen LogP contribution in [0.25, 0.3) is 0 Å². The zero-order chi connectivity index (χ0) is 8.27. The van der Waals surface area contributed by atoms with Crippen LogP contribution in [0.3, 0.4) is 0 Å². The second kappa shape index (κ2) is 3.69. The fourth-order valence-electron chi connectivity index (χ4n) is 1.21. The van der Waals surface area contributed by atoms with Crippen LogP contribution < -0.4 is 0 Å². The van der Waals surface area contributed by atoms with E-state index >= 15 is 0 Å². The van der Waals surface area contributed by atoms with Crippen LogP contribution in [0.15, 0.2) is 0 Å². The lowest BCUT2D eigenvalue weighted by molar-refractivity contribution is -0.151. The Kier molecular flexibility index (Phi) is 2.84. The van der Waals surface area contributed by atoms with Gasteiger partial charge >= 0.3 is 5.97 Å². The summed E-state index contributed by atoms with van der Waals surface area (Å²) in [5.41, 5.74) is 0. The summed E-state index contributed by atoms with van der Waals surface area (Å²) in [6.07, 6.45) is 0. The molecule has 1 saturated heterocycles. The highest BCUT2D eigenvalue weighted by molar-refractivity contribution is 5.73. The highest BCUT2D eigenvalue weighted by atomic mass is 16.5. The Hall–Kier alpha value is -0.610. The minimum Gasteiger partial charge on any atom is -0.469 e. The standard InChI is InChI=1S/C7H13NO3/c1-11-7(10)6-4-8(5-6)2-3-9/h6,9H,2-5H2,1H3. The lowest BCUT2D eigenvalue weighted by Crippen LogP contribution is -2.51. The summed E-state index contributed by atoms with van der Waals surface area (Å²) in [5.74, 6) is -0.106. The Morgan fingerprint density at radius 3 is 2.82 bits per heavy atom. The third-order valence-corrected chi connectivity index (χ3v) is 1.91. The van der Waals surface area contributed by atoms with Crippen molar-refractivity contribution in [3.63, 3.8) is 0 Å². The molecule has 1 heterocycles. The van der Waals surface area contributed by atoms with Crippen LogP contribution in [0.1, 0.15) is 0 Å². The van der Waals surface area contributed by atoms with Gasteiger partial charge in [0.2, 0.25) is 0 Å². The molecule has 64 valence electrons. The van der Waals surface area contributed by atoms with E-state index in [0.29, 0.717) is 6.54 Å². The summed E-state index contributed by atoms with van der Waals surface area (Å²) in [6, 6.07) is 0. The maximum absolute atomic E-state index is 10.8. The number of aliphatic hydroxyl groups excluding tert-OH is 1. The van der Waals surface area contributed by atoms with Gasteiger partial charge in [-0.2, -0.15) is 0 Å². The zero-order valence-corrected chi connectivity index (χ0v) is 6.62. The van der Waals surface area contributed by atoms with E-state index in [2.05, 4.69) is 4.74 Å². The van der Waals surface area contributed by atoms with Crippen LogP contribution in [-0.2, 0) is 9.53 Å². The number of ether oxygens (including phenoxy) is 1. The minimum absolute atomic E-state index is 0.0338. The molecule has 0 aromatic carbocycles. The van der Waals surface area contributed by atoms with E-state index in [9.17, 15) is 4.79 Å². The normalized spacial score (nSPS) is 19.5. The molecule has 0 bridgehead atoms. The minimum atomic E-state index is -0.140. The van der Waals surface area contributed by atoms with E-state index in [1.165, 1.54) is 7.11 Å². The number of carbonyl (C=O) groups excluding carboxylic acids is 1. The van der Waals surface area contributed by atoms with Crippen molar-refractivity contribution in [2.75, 3.05) is 33.4 Å². The van der Waals surface area contributed by atoms with Gasteiger partial charge in [-0.15, -0.1) is 0 Å². The van der Waals surface area contributed by atoms with E-state index < -0.39 is 0 Å². The van der Waals surface area contributed by atoms with E-state index in [-0.39, 0.29) is 18.5 Å². The summed E-state index contributed by atoms with van der Waals surface area (Å²) >= 11 is 0. The second-order valence-corrected chi connectivity index (χ2v) is 2.70. The van der Waals surface area contributed by atoms with E-state index in [1.54, 1.807) is 0 Å². The van der Waals surface area contributed by atoms with Crippen molar-refractivity contribution in [3.05, 3.63) is 0 Å². The summed E-state index contributed by atoms with van der Waals surface area (Å²) in [5, 5.41) is 8.53. The van der Waals surface area contributed by atoms with Crippen molar-refractivity contribution in [3.8, 4) is 0 Å². The number of carbonyl (C=O) groups is 1. The summed E-state index contributed by atoms with van der Waals surface area (Å²) in [4.78, 5) is 12.8. The average molecular weight is 159 g/mol. The monoisotopic (exact) mass is 159 g/mol. The first kappa shape index (κ1) is 8.49. The van der Waals surface area contributed by atoms with Gasteiger partial charge in [0.1, 0.15) is 0 Å². The van der Waals surface area contributed by atoms with Crippen LogP contribution in [0, 0.1) is 5.92 Å². The molecule has 0 spiro atoms. The van der Waals surface area contributed by atoms with Crippen LogP contribution in [-0.4, -0.2) is 49.3 Å². The quantitative estimate of drug-likeness (QED) is 0.541. The van der Waals surface area contributed by atoms with Crippen molar-refractivity contribution in [1.29, 1.82) is 0 Å². The molecule has 0 amide bonds. The molecule has 0 radical (unpaired) electrons. The molecule has 4 heteroatoms. The molecule has 0 aromatic rings. The SMILES string of the molecule is COC(=O)C1CN(CCO)C1. The number of β-amino-alcohol motifs (C(OH)–C–C–N with tert-alkyl or cyclic N) is 1.